The van der Waals surface area contributed by atoms with E-state index in [0.717, 1.165) is 0 Å². The molecule has 12 heavy (non-hydrogen) atoms. The van der Waals surface area contributed by atoms with Crippen molar-refractivity contribution in [2.24, 2.45) is 0 Å². The van der Waals surface area contributed by atoms with Crippen molar-refractivity contribution in [2.45, 2.75) is 27.3 Å². The maximum Gasteiger partial charge on any atom is 0.342 e. The summed E-state index contributed by atoms with van der Waals surface area (Å²) < 4.78 is 1.47. The zero-order valence-corrected chi connectivity index (χ0v) is 7.52. The van der Waals surface area contributed by atoms with Crippen molar-refractivity contribution in [1.82, 2.24) is 9.55 Å². The van der Waals surface area contributed by atoms with Crippen LogP contribution in [0.3, 0.4) is 0 Å². The summed E-state index contributed by atoms with van der Waals surface area (Å²) >= 11 is 0. The van der Waals surface area contributed by atoms with Crippen LogP contribution in [0.2, 0.25) is 0 Å². The van der Waals surface area contributed by atoms with E-state index in [1.54, 1.807) is 0 Å². The third-order valence-electron chi connectivity index (χ3n) is 1.22. The summed E-state index contributed by atoms with van der Waals surface area (Å²) in [7, 11) is 0. The van der Waals surface area contributed by atoms with Crippen molar-refractivity contribution in [2.75, 3.05) is 0 Å². The van der Waals surface area contributed by atoms with Crippen LogP contribution in [-0.2, 0) is 6.54 Å². The van der Waals surface area contributed by atoms with E-state index >= 15 is 0 Å². The van der Waals surface area contributed by atoms with Crippen LogP contribution in [0.15, 0.2) is 12.5 Å². The van der Waals surface area contributed by atoms with E-state index in [9.17, 15) is 10.1 Å². The first kappa shape index (κ1) is 10.6. The Morgan fingerprint density at radius 2 is 2.25 bits per heavy atom. The Kier molecular flexibility index (Phi) is 4.67. The molecule has 0 spiro atoms. The summed E-state index contributed by atoms with van der Waals surface area (Å²) in [6, 6.07) is 0. The number of nitro groups is 1. The second-order valence-corrected chi connectivity index (χ2v) is 1.79. The monoisotopic (exact) mass is 171 g/mol. The van der Waals surface area contributed by atoms with Crippen molar-refractivity contribution < 1.29 is 4.92 Å². The average Bonchev–Trinajstić information content (AvgIpc) is 2.55. The molecule has 1 aromatic heterocycles. The fourth-order valence-corrected chi connectivity index (χ4v) is 0.709. The van der Waals surface area contributed by atoms with E-state index < -0.39 is 4.92 Å². The van der Waals surface area contributed by atoms with Gasteiger partial charge >= 0.3 is 5.82 Å². The molecule has 0 aliphatic rings. The number of hydrogen-bond acceptors (Lipinski definition) is 3. The van der Waals surface area contributed by atoms with Gasteiger partial charge in [0.25, 0.3) is 0 Å². The van der Waals surface area contributed by atoms with E-state index in [4.69, 9.17) is 0 Å². The van der Waals surface area contributed by atoms with E-state index in [0.29, 0.717) is 6.54 Å². The predicted octanol–water partition coefficient (Wildman–Crippen LogP) is 1.84. The molecule has 5 nitrogen and oxygen atoms in total. The smallest absolute Gasteiger partial charge is 0.342 e. The summed E-state index contributed by atoms with van der Waals surface area (Å²) in [4.78, 5) is 13.4. The fraction of sp³-hybridized carbons (Fsp3) is 0.571. The summed E-state index contributed by atoms with van der Waals surface area (Å²) in [6.07, 6.45) is 2.68. The van der Waals surface area contributed by atoms with Crippen LogP contribution in [0.5, 0.6) is 0 Å². The lowest BCUT2D eigenvalue weighted by Crippen LogP contribution is -1.98. The molecule has 1 aromatic rings. The Morgan fingerprint density at radius 1 is 1.67 bits per heavy atom. The molecule has 0 bridgehead atoms. The second kappa shape index (κ2) is 5.29. The molecule has 0 saturated carbocycles. The third kappa shape index (κ3) is 2.34. The highest BCUT2D eigenvalue weighted by molar-refractivity contribution is 5.14. The maximum absolute atomic E-state index is 10.2. The minimum atomic E-state index is -0.448. The van der Waals surface area contributed by atoms with Crippen molar-refractivity contribution in [1.29, 1.82) is 0 Å². The number of hydrogen-bond donors (Lipinski definition) is 0. The van der Waals surface area contributed by atoms with E-state index in [1.807, 2.05) is 20.8 Å². The second-order valence-electron chi connectivity index (χ2n) is 1.79. The molecule has 0 amide bonds. The van der Waals surface area contributed by atoms with Crippen molar-refractivity contribution in [3.05, 3.63) is 22.6 Å². The van der Waals surface area contributed by atoms with E-state index in [-0.39, 0.29) is 5.82 Å². The number of rotatable bonds is 2. The van der Waals surface area contributed by atoms with Crippen molar-refractivity contribution in [3.63, 3.8) is 0 Å². The molecule has 0 aromatic carbocycles. The summed E-state index contributed by atoms with van der Waals surface area (Å²) in [5.41, 5.74) is 0. The van der Waals surface area contributed by atoms with Crippen LogP contribution in [-0.4, -0.2) is 14.5 Å². The molecule has 0 saturated heterocycles. The summed E-state index contributed by atoms with van der Waals surface area (Å²) in [5.74, 6) is 0.0440. The Bertz CT molecular complexity index is 245. The summed E-state index contributed by atoms with van der Waals surface area (Å²) in [6.45, 7) is 6.41. The Hall–Kier alpha value is -1.39. The lowest BCUT2D eigenvalue weighted by atomic mass is 10.7. The molecule has 1 rings (SSSR count). The van der Waals surface area contributed by atoms with Gasteiger partial charge in [0, 0.05) is 0 Å². The van der Waals surface area contributed by atoms with Crippen molar-refractivity contribution >= 4 is 5.82 Å². The van der Waals surface area contributed by atoms with Crippen LogP contribution < -0.4 is 0 Å². The Labute approximate surface area is 71.2 Å². The molecule has 0 atom stereocenters. The van der Waals surface area contributed by atoms with Gasteiger partial charge < -0.3 is 10.1 Å². The first-order valence-electron chi connectivity index (χ1n) is 3.90. The number of nitrogens with zero attached hydrogens (tertiary/aromatic N) is 3. The Balaban J connectivity index is 0.000000561. The maximum atomic E-state index is 10.2. The van der Waals surface area contributed by atoms with E-state index in [2.05, 4.69) is 4.98 Å². The lowest BCUT2D eigenvalue weighted by Gasteiger charge is -1.93. The first-order chi connectivity index (χ1) is 5.75. The number of aromatic nitrogens is 2. The molecule has 0 aliphatic heterocycles. The van der Waals surface area contributed by atoms with Crippen LogP contribution >= 0.6 is 0 Å². The van der Waals surface area contributed by atoms with Gasteiger partial charge in [-0.25, -0.2) is 9.55 Å². The van der Waals surface area contributed by atoms with Gasteiger partial charge in [0.2, 0.25) is 0 Å². The van der Waals surface area contributed by atoms with Gasteiger partial charge in [-0.3, -0.25) is 0 Å². The zero-order valence-electron chi connectivity index (χ0n) is 7.52. The fourth-order valence-electron chi connectivity index (χ4n) is 0.709. The Morgan fingerprint density at radius 3 is 2.58 bits per heavy atom. The molecule has 0 unspecified atom stereocenters. The van der Waals surface area contributed by atoms with Gasteiger partial charge in [-0.1, -0.05) is 13.8 Å². The van der Waals surface area contributed by atoms with Gasteiger partial charge in [-0.05, 0) is 11.8 Å². The minimum absolute atomic E-state index is 0.0440. The largest absolute Gasteiger partial charge is 0.358 e. The lowest BCUT2D eigenvalue weighted by molar-refractivity contribution is -0.392. The number of imidazole rings is 1. The molecule has 0 fully saturated rings. The molecule has 0 N–H and O–H groups in total. The molecule has 68 valence electrons. The standard InChI is InChI=1S/C5H7N3O2.C2H6/c1-2-7-4-6-3-5(7)8(9)10;1-2/h3-4H,2H2,1H3;1-2H3. The quantitative estimate of drug-likeness (QED) is 0.503. The predicted molar refractivity (Wildman–Crippen MR) is 45.9 cm³/mol. The third-order valence-corrected chi connectivity index (χ3v) is 1.22. The van der Waals surface area contributed by atoms with Crippen molar-refractivity contribution in [3.8, 4) is 0 Å². The van der Waals surface area contributed by atoms with Crippen LogP contribution in [0, 0.1) is 10.1 Å². The van der Waals surface area contributed by atoms with Crippen LogP contribution in [0.1, 0.15) is 20.8 Å². The van der Waals surface area contributed by atoms with Gasteiger partial charge in [0.15, 0.2) is 6.33 Å². The molecular weight excluding hydrogens is 158 g/mol. The van der Waals surface area contributed by atoms with Gasteiger partial charge in [0.05, 0.1) is 6.54 Å². The van der Waals surface area contributed by atoms with Crippen LogP contribution in [0.4, 0.5) is 5.82 Å². The normalized spacial score (nSPS) is 8.58. The highest BCUT2D eigenvalue weighted by Crippen LogP contribution is 2.07. The highest BCUT2D eigenvalue weighted by Gasteiger charge is 2.09. The van der Waals surface area contributed by atoms with E-state index in [1.165, 1.54) is 17.1 Å². The first-order valence-corrected chi connectivity index (χ1v) is 3.90. The highest BCUT2D eigenvalue weighted by atomic mass is 16.6. The molecule has 5 heteroatoms. The van der Waals surface area contributed by atoms with Gasteiger partial charge in [-0.2, -0.15) is 0 Å². The summed E-state index contributed by atoms with van der Waals surface area (Å²) in [5, 5.41) is 10.2. The minimum Gasteiger partial charge on any atom is -0.358 e. The SMILES string of the molecule is CC.CCn1cncc1[N+](=O)[O-]. The molecule has 0 aliphatic carbocycles. The molecular formula is C7H13N3O2. The van der Waals surface area contributed by atoms with Gasteiger partial charge in [-0.15, -0.1) is 0 Å². The topological polar surface area (TPSA) is 61.0 Å². The zero-order chi connectivity index (χ0) is 9.56. The molecule has 1 heterocycles. The van der Waals surface area contributed by atoms with Crippen LogP contribution in [0.25, 0.3) is 0 Å². The molecule has 0 radical (unpaired) electrons. The number of aryl methyl sites for hydroxylation is 1. The average molecular weight is 171 g/mol. The van der Waals surface area contributed by atoms with Gasteiger partial charge in [0.1, 0.15) is 6.20 Å².